The SMILES string of the molecule is C[Si](C)(C)/C=C1/CCC1=O. The number of ketones is 1. The summed E-state index contributed by atoms with van der Waals surface area (Å²) >= 11 is 0. The minimum atomic E-state index is -1.11. The zero-order valence-electron chi connectivity index (χ0n) is 6.90. The molecule has 0 atom stereocenters. The molecule has 0 N–H and O–H groups in total. The number of rotatable bonds is 1. The maximum Gasteiger partial charge on any atom is 0.158 e. The van der Waals surface area contributed by atoms with Gasteiger partial charge in [-0.25, -0.2) is 0 Å². The van der Waals surface area contributed by atoms with Gasteiger partial charge in [0.05, 0.1) is 8.07 Å². The van der Waals surface area contributed by atoms with Gasteiger partial charge in [0.2, 0.25) is 0 Å². The first kappa shape index (κ1) is 7.73. The van der Waals surface area contributed by atoms with Gasteiger partial charge in [-0.15, -0.1) is 0 Å². The Balaban J connectivity index is 2.64. The highest BCUT2D eigenvalue weighted by Gasteiger charge is 2.22. The molecule has 0 aromatic rings. The molecular weight excluding hydrogens is 140 g/mol. The molecule has 0 radical (unpaired) electrons. The Bertz CT molecular complexity index is 186. The van der Waals surface area contributed by atoms with E-state index in [-0.39, 0.29) is 0 Å². The number of hydrogen-bond donors (Lipinski definition) is 0. The van der Waals surface area contributed by atoms with Crippen molar-refractivity contribution in [1.82, 2.24) is 0 Å². The molecule has 0 bridgehead atoms. The van der Waals surface area contributed by atoms with Crippen molar-refractivity contribution in [3.8, 4) is 0 Å². The molecule has 0 aromatic heterocycles. The molecule has 0 saturated heterocycles. The van der Waals surface area contributed by atoms with Gasteiger partial charge in [-0.2, -0.15) is 0 Å². The molecule has 1 aliphatic rings. The number of carbonyl (C=O) groups is 1. The van der Waals surface area contributed by atoms with Gasteiger partial charge in [0, 0.05) is 6.42 Å². The van der Waals surface area contributed by atoms with Crippen molar-refractivity contribution >= 4 is 13.9 Å². The molecule has 2 heteroatoms. The highest BCUT2D eigenvalue weighted by Crippen LogP contribution is 2.23. The summed E-state index contributed by atoms with van der Waals surface area (Å²) in [4.78, 5) is 10.9. The van der Waals surface area contributed by atoms with Crippen molar-refractivity contribution in [2.24, 2.45) is 0 Å². The van der Waals surface area contributed by atoms with Crippen molar-refractivity contribution in [3.63, 3.8) is 0 Å². The molecule has 0 heterocycles. The van der Waals surface area contributed by atoms with Gasteiger partial charge in [-0.05, 0) is 12.0 Å². The van der Waals surface area contributed by atoms with E-state index in [4.69, 9.17) is 0 Å². The van der Waals surface area contributed by atoms with E-state index in [1.165, 1.54) is 0 Å². The topological polar surface area (TPSA) is 17.1 Å². The van der Waals surface area contributed by atoms with Crippen molar-refractivity contribution in [3.05, 3.63) is 11.3 Å². The third kappa shape index (κ3) is 1.80. The van der Waals surface area contributed by atoms with Gasteiger partial charge in [0.1, 0.15) is 0 Å². The molecule has 1 rings (SSSR count). The zero-order chi connectivity index (χ0) is 7.78. The molecule has 0 spiro atoms. The third-order valence-electron chi connectivity index (χ3n) is 1.59. The van der Waals surface area contributed by atoms with Crippen LogP contribution in [0.15, 0.2) is 11.3 Å². The first-order valence-electron chi connectivity index (χ1n) is 3.74. The standard InChI is InChI=1S/C8H14OSi/c1-10(2,3)6-7-4-5-8(7)9/h6H,4-5H2,1-3H3/b7-6-. The van der Waals surface area contributed by atoms with Gasteiger partial charge in [0.15, 0.2) is 5.78 Å². The number of Topliss-reactive ketones (excluding diaryl/α,β-unsaturated/α-hetero) is 1. The van der Waals surface area contributed by atoms with Crippen molar-refractivity contribution in [2.45, 2.75) is 32.5 Å². The number of hydrogen-bond acceptors (Lipinski definition) is 1. The fraction of sp³-hybridized carbons (Fsp3) is 0.625. The Morgan fingerprint density at radius 3 is 2.00 bits per heavy atom. The molecule has 56 valence electrons. The minimum Gasteiger partial charge on any atom is -0.295 e. The van der Waals surface area contributed by atoms with Crippen LogP contribution in [0.4, 0.5) is 0 Å². The maximum absolute atomic E-state index is 10.9. The molecule has 1 nitrogen and oxygen atoms in total. The first-order valence-corrected chi connectivity index (χ1v) is 7.32. The summed E-state index contributed by atoms with van der Waals surface area (Å²) < 4.78 is 0. The summed E-state index contributed by atoms with van der Waals surface area (Å²) in [6, 6.07) is 0. The third-order valence-corrected chi connectivity index (χ3v) is 2.80. The minimum absolute atomic E-state index is 0.377. The second-order valence-corrected chi connectivity index (χ2v) is 8.98. The molecule has 10 heavy (non-hydrogen) atoms. The van der Waals surface area contributed by atoms with Crippen molar-refractivity contribution < 1.29 is 4.79 Å². The van der Waals surface area contributed by atoms with Crippen LogP contribution in [-0.2, 0) is 4.79 Å². The smallest absolute Gasteiger partial charge is 0.158 e. The molecular formula is C8H14OSi. The fourth-order valence-electron chi connectivity index (χ4n) is 1.05. The summed E-state index contributed by atoms with van der Waals surface area (Å²) in [5, 5.41) is 0. The van der Waals surface area contributed by atoms with Gasteiger partial charge in [-0.1, -0.05) is 25.3 Å². The highest BCUT2D eigenvalue weighted by atomic mass is 28.3. The predicted molar refractivity (Wildman–Crippen MR) is 45.7 cm³/mol. The van der Waals surface area contributed by atoms with E-state index in [1.54, 1.807) is 0 Å². The quantitative estimate of drug-likeness (QED) is 0.418. The summed E-state index contributed by atoms with van der Waals surface area (Å²) in [7, 11) is -1.11. The van der Waals surface area contributed by atoms with Crippen LogP contribution in [0.5, 0.6) is 0 Å². The lowest BCUT2D eigenvalue weighted by Gasteiger charge is -2.19. The molecule has 0 aliphatic heterocycles. The van der Waals surface area contributed by atoms with Crippen LogP contribution in [0.1, 0.15) is 12.8 Å². The largest absolute Gasteiger partial charge is 0.295 e. The lowest BCUT2D eigenvalue weighted by atomic mass is 9.93. The molecule has 0 unspecified atom stereocenters. The maximum atomic E-state index is 10.9. The average Bonchev–Trinajstić information content (AvgIpc) is 1.78. The van der Waals surface area contributed by atoms with Crippen LogP contribution in [0.25, 0.3) is 0 Å². The average molecular weight is 154 g/mol. The van der Waals surface area contributed by atoms with E-state index < -0.39 is 8.07 Å². The van der Waals surface area contributed by atoms with Gasteiger partial charge < -0.3 is 0 Å². The molecule has 0 amide bonds. The van der Waals surface area contributed by atoms with E-state index in [1.807, 2.05) is 0 Å². The lowest BCUT2D eigenvalue weighted by Crippen LogP contribution is -2.23. The van der Waals surface area contributed by atoms with Crippen LogP contribution in [0.2, 0.25) is 19.6 Å². The van der Waals surface area contributed by atoms with Crippen molar-refractivity contribution in [2.75, 3.05) is 0 Å². The second kappa shape index (κ2) is 2.35. The van der Waals surface area contributed by atoms with Crippen LogP contribution >= 0.6 is 0 Å². The zero-order valence-corrected chi connectivity index (χ0v) is 7.90. The fourth-order valence-corrected chi connectivity index (χ4v) is 2.40. The summed E-state index contributed by atoms with van der Waals surface area (Å²) in [6.07, 6.45) is 1.82. The summed E-state index contributed by atoms with van der Waals surface area (Å²) in [6.45, 7) is 6.77. The Hall–Kier alpha value is -0.373. The van der Waals surface area contributed by atoms with Gasteiger partial charge >= 0.3 is 0 Å². The van der Waals surface area contributed by atoms with Crippen LogP contribution in [-0.4, -0.2) is 13.9 Å². The first-order chi connectivity index (χ1) is 4.49. The molecule has 1 fully saturated rings. The van der Waals surface area contributed by atoms with Crippen LogP contribution < -0.4 is 0 Å². The van der Waals surface area contributed by atoms with E-state index in [0.717, 1.165) is 18.4 Å². The van der Waals surface area contributed by atoms with Crippen molar-refractivity contribution in [1.29, 1.82) is 0 Å². The van der Waals surface area contributed by atoms with Crippen LogP contribution in [0, 0.1) is 0 Å². The predicted octanol–water partition coefficient (Wildman–Crippen LogP) is 2.15. The number of allylic oxidation sites excluding steroid dienone is 1. The normalized spacial score (nSPS) is 23.1. The van der Waals surface area contributed by atoms with E-state index in [0.29, 0.717) is 5.78 Å². The van der Waals surface area contributed by atoms with Crippen LogP contribution in [0.3, 0.4) is 0 Å². The lowest BCUT2D eigenvalue weighted by molar-refractivity contribution is -0.118. The summed E-state index contributed by atoms with van der Waals surface area (Å²) in [5.74, 6) is 0.377. The monoisotopic (exact) mass is 154 g/mol. The second-order valence-electron chi connectivity index (χ2n) is 3.96. The highest BCUT2D eigenvalue weighted by molar-refractivity contribution is 6.81. The molecule has 1 aliphatic carbocycles. The van der Waals surface area contributed by atoms with E-state index >= 15 is 0 Å². The Morgan fingerprint density at radius 2 is 1.90 bits per heavy atom. The Morgan fingerprint density at radius 1 is 1.30 bits per heavy atom. The van der Waals surface area contributed by atoms with E-state index in [2.05, 4.69) is 25.3 Å². The Labute approximate surface area is 63.1 Å². The molecule has 0 aromatic carbocycles. The van der Waals surface area contributed by atoms with Gasteiger partial charge in [-0.3, -0.25) is 4.79 Å². The summed E-state index contributed by atoms with van der Waals surface area (Å²) in [5.41, 5.74) is 3.32. The molecule has 1 saturated carbocycles. The van der Waals surface area contributed by atoms with Gasteiger partial charge in [0.25, 0.3) is 0 Å². The number of carbonyl (C=O) groups excluding carboxylic acids is 1. The van der Waals surface area contributed by atoms with E-state index in [9.17, 15) is 4.79 Å². The Kier molecular flexibility index (Phi) is 1.81.